The maximum Gasteiger partial charge on any atom is 0.235 e. The molecule has 2 atom stereocenters. The van der Waals surface area contributed by atoms with Crippen LogP contribution in [0.3, 0.4) is 0 Å². The second-order valence-corrected chi connectivity index (χ2v) is 4.44. The fourth-order valence-electron chi connectivity index (χ4n) is 2.09. The molecule has 4 N–H and O–H groups in total. The van der Waals surface area contributed by atoms with E-state index < -0.39 is 5.92 Å². The molecule has 0 saturated carbocycles. The van der Waals surface area contributed by atoms with Crippen LogP contribution in [0, 0.1) is 0 Å². The number of nitrogens with zero attached hydrogens (tertiary/aromatic N) is 1. The standard InChI is InChI=1S/C13H17N3O3/c14-12(16-18)11(9-4-2-1-3-5-9)13(17)15-10-6-7-19-8-10/h1-5,10-11,18H,6-8H2,(H2,14,16)(H,15,17). The van der Waals surface area contributed by atoms with Gasteiger partial charge in [-0.2, -0.15) is 0 Å². The second kappa shape index (κ2) is 6.19. The summed E-state index contributed by atoms with van der Waals surface area (Å²) in [6.07, 6.45) is 0.781. The molecule has 0 spiro atoms. The van der Waals surface area contributed by atoms with Crippen molar-refractivity contribution >= 4 is 11.7 Å². The highest BCUT2D eigenvalue weighted by Crippen LogP contribution is 2.17. The number of amidine groups is 1. The normalized spacial score (nSPS) is 21.1. The molecule has 1 heterocycles. The number of ether oxygens (including phenoxy) is 1. The van der Waals surface area contributed by atoms with E-state index >= 15 is 0 Å². The van der Waals surface area contributed by atoms with Crippen LogP contribution in [0.2, 0.25) is 0 Å². The molecule has 6 nitrogen and oxygen atoms in total. The largest absolute Gasteiger partial charge is 0.409 e. The van der Waals surface area contributed by atoms with Crippen molar-refractivity contribution in [1.82, 2.24) is 5.32 Å². The monoisotopic (exact) mass is 263 g/mol. The first kappa shape index (κ1) is 13.4. The minimum atomic E-state index is -0.785. The van der Waals surface area contributed by atoms with Crippen molar-refractivity contribution in [2.75, 3.05) is 13.2 Å². The summed E-state index contributed by atoms with van der Waals surface area (Å²) in [7, 11) is 0. The zero-order chi connectivity index (χ0) is 13.7. The summed E-state index contributed by atoms with van der Waals surface area (Å²) in [4.78, 5) is 12.3. The number of amides is 1. The number of carbonyl (C=O) groups is 1. The van der Waals surface area contributed by atoms with Gasteiger partial charge in [-0.3, -0.25) is 4.79 Å². The molecule has 1 aliphatic rings. The van der Waals surface area contributed by atoms with Crippen LogP contribution in [-0.4, -0.2) is 36.2 Å². The first-order chi connectivity index (χ1) is 9.22. The van der Waals surface area contributed by atoms with Crippen LogP contribution in [0.25, 0.3) is 0 Å². The maximum absolute atomic E-state index is 12.3. The molecule has 0 aliphatic carbocycles. The lowest BCUT2D eigenvalue weighted by Crippen LogP contribution is -2.42. The van der Waals surface area contributed by atoms with E-state index in [0.29, 0.717) is 18.8 Å². The quantitative estimate of drug-likeness (QED) is 0.317. The van der Waals surface area contributed by atoms with Crippen LogP contribution >= 0.6 is 0 Å². The number of benzene rings is 1. The van der Waals surface area contributed by atoms with Crippen molar-refractivity contribution in [1.29, 1.82) is 0 Å². The molecule has 1 saturated heterocycles. The van der Waals surface area contributed by atoms with Gasteiger partial charge in [-0.1, -0.05) is 35.5 Å². The van der Waals surface area contributed by atoms with Gasteiger partial charge >= 0.3 is 0 Å². The van der Waals surface area contributed by atoms with Crippen LogP contribution in [0.4, 0.5) is 0 Å². The molecular weight excluding hydrogens is 246 g/mol. The molecular formula is C13H17N3O3. The van der Waals surface area contributed by atoms with Gasteiger partial charge in [-0.25, -0.2) is 0 Å². The van der Waals surface area contributed by atoms with Crippen LogP contribution < -0.4 is 11.1 Å². The van der Waals surface area contributed by atoms with E-state index in [1.165, 1.54) is 0 Å². The Hall–Kier alpha value is -2.08. The van der Waals surface area contributed by atoms with Gasteiger partial charge in [0.05, 0.1) is 12.6 Å². The Labute approximate surface area is 111 Å². The van der Waals surface area contributed by atoms with E-state index in [-0.39, 0.29) is 17.8 Å². The summed E-state index contributed by atoms with van der Waals surface area (Å²) < 4.78 is 5.20. The summed E-state index contributed by atoms with van der Waals surface area (Å²) >= 11 is 0. The van der Waals surface area contributed by atoms with Gasteiger partial charge in [0.1, 0.15) is 5.92 Å². The summed E-state index contributed by atoms with van der Waals surface area (Å²) in [5.74, 6) is -1.19. The number of nitrogens with one attached hydrogen (secondary N) is 1. The SMILES string of the molecule is N/C(=N/O)C(C(=O)NC1CCOC1)c1ccccc1. The molecule has 1 aromatic rings. The van der Waals surface area contributed by atoms with Crippen molar-refractivity contribution in [3.05, 3.63) is 35.9 Å². The fourth-order valence-corrected chi connectivity index (χ4v) is 2.09. The van der Waals surface area contributed by atoms with E-state index in [9.17, 15) is 4.79 Å². The number of nitrogens with two attached hydrogens (primary N) is 1. The van der Waals surface area contributed by atoms with Gasteiger partial charge < -0.3 is 21.0 Å². The summed E-state index contributed by atoms with van der Waals surface area (Å²) in [5, 5.41) is 14.7. The number of oxime groups is 1. The average molecular weight is 263 g/mol. The topological polar surface area (TPSA) is 96.9 Å². The van der Waals surface area contributed by atoms with E-state index in [1.807, 2.05) is 6.07 Å². The first-order valence-electron chi connectivity index (χ1n) is 6.13. The molecule has 0 radical (unpaired) electrons. The molecule has 0 bridgehead atoms. The summed E-state index contributed by atoms with van der Waals surface area (Å²) in [5.41, 5.74) is 6.32. The Morgan fingerprint density at radius 2 is 2.21 bits per heavy atom. The lowest BCUT2D eigenvalue weighted by Gasteiger charge is -2.18. The predicted molar refractivity (Wildman–Crippen MR) is 70.0 cm³/mol. The minimum Gasteiger partial charge on any atom is -0.409 e. The number of rotatable bonds is 4. The molecule has 1 aromatic carbocycles. The molecule has 1 fully saturated rings. The molecule has 2 unspecified atom stereocenters. The van der Waals surface area contributed by atoms with Crippen molar-refractivity contribution in [2.24, 2.45) is 10.9 Å². The van der Waals surface area contributed by atoms with Crippen molar-refractivity contribution in [2.45, 2.75) is 18.4 Å². The Morgan fingerprint density at radius 3 is 2.79 bits per heavy atom. The van der Waals surface area contributed by atoms with E-state index in [0.717, 1.165) is 6.42 Å². The van der Waals surface area contributed by atoms with Gasteiger partial charge in [0, 0.05) is 6.61 Å². The highest BCUT2D eigenvalue weighted by Gasteiger charge is 2.28. The van der Waals surface area contributed by atoms with Crippen molar-refractivity contribution in [3.63, 3.8) is 0 Å². The Balaban J connectivity index is 2.15. The number of carbonyl (C=O) groups excluding carboxylic acids is 1. The third-order valence-electron chi connectivity index (χ3n) is 3.08. The molecule has 6 heteroatoms. The lowest BCUT2D eigenvalue weighted by molar-refractivity contribution is -0.121. The predicted octanol–water partition coefficient (Wildman–Crippen LogP) is 0.422. The second-order valence-electron chi connectivity index (χ2n) is 4.44. The zero-order valence-electron chi connectivity index (χ0n) is 10.5. The van der Waals surface area contributed by atoms with E-state index in [4.69, 9.17) is 15.7 Å². The minimum absolute atomic E-state index is 0.00907. The van der Waals surface area contributed by atoms with E-state index in [2.05, 4.69) is 10.5 Å². The highest BCUT2D eigenvalue weighted by atomic mass is 16.5. The third-order valence-corrected chi connectivity index (χ3v) is 3.08. The number of hydrogen-bond donors (Lipinski definition) is 3. The van der Waals surface area contributed by atoms with Crippen LogP contribution in [0.1, 0.15) is 17.9 Å². The Morgan fingerprint density at radius 1 is 1.47 bits per heavy atom. The van der Waals surface area contributed by atoms with Crippen molar-refractivity contribution < 1.29 is 14.7 Å². The zero-order valence-corrected chi connectivity index (χ0v) is 10.5. The molecule has 102 valence electrons. The van der Waals surface area contributed by atoms with E-state index in [1.54, 1.807) is 24.3 Å². The van der Waals surface area contributed by atoms with Gasteiger partial charge in [-0.05, 0) is 12.0 Å². The average Bonchev–Trinajstić information content (AvgIpc) is 2.93. The fraction of sp³-hybridized carbons (Fsp3) is 0.385. The van der Waals surface area contributed by atoms with Crippen LogP contribution in [0.5, 0.6) is 0 Å². The van der Waals surface area contributed by atoms with Gasteiger partial charge in [0.25, 0.3) is 0 Å². The molecule has 2 rings (SSSR count). The van der Waals surface area contributed by atoms with Crippen LogP contribution in [0.15, 0.2) is 35.5 Å². The molecule has 19 heavy (non-hydrogen) atoms. The summed E-state index contributed by atoms with van der Waals surface area (Å²) in [6, 6.07) is 8.99. The third kappa shape index (κ3) is 3.23. The van der Waals surface area contributed by atoms with Gasteiger partial charge in [0.15, 0.2) is 5.84 Å². The Bertz CT molecular complexity index is 455. The highest BCUT2D eigenvalue weighted by molar-refractivity contribution is 6.07. The molecule has 1 aliphatic heterocycles. The first-order valence-corrected chi connectivity index (χ1v) is 6.13. The smallest absolute Gasteiger partial charge is 0.235 e. The maximum atomic E-state index is 12.3. The Kier molecular flexibility index (Phi) is 4.35. The lowest BCUT2D eigenvalue weighted by atomic mass is 9.96. The molecule has 1 amide bonds. The van der Waals surface area contributed by atoms with Gasteiger partial charge in [-0.15, -0.1) is 0 Å². The summed E-state index contributed by atoms with van der Waals surface area (Å²) in [6.45, 7) is 1.15. The van der Waals surface area contributed by atoms with Crippen LogP contribution in [-0.2, 0) is 9.53 Å². The number of hydrogen-bond acceptors (Lipinski definition) is 4. The molecule has 0 aromatic heterocycles. The van der Waals surface area contributed by atoms with Crippen molar-refractivity contribution in [3.8, 4) is 0 Å². The van der Waals surface area contributed by atoms with Gasteiger partial charge in [0.2, 0.25) is 5.91 Å².